The van der Waals surface area contributed by atoms with Crippen molar-refractivity contribution in [2.75, 3.05) is 5.32 Å². The molecule has 0 aliphatic carbocycles. The quantitative estimate of drug-likeness (QED) is 0.841. The number of carboxylic acid groups (broad SMARTS) is 1. The average molecular weight is 293 g/mol. The number of carbonyl (C=O) groups excluding carboxylic acids is 1. The highest BCUT2D eigenvalue weighted by molar-refractivity contribution is 7.03. The summed E-state index contributed by atoms with van der Waals surface area (Å²) in [6.45, 7) is 0. The molecule has 0 saturated carbocycles. The van der Waals surface area contributed by atoms with Gasteiger partial charge in [-0.3, -0.25) is 4.79 Å². The Balaban J connectivity index is 2.19. The van der Waals surface area contributed by atoms with E-state index in [2.05, 4.69) is 14.9 Å². The zero-order valence-corrected chi connectivity index (χ0v) is 10.7. The summed E-state index contributed by atoms with van der Waals surface area (Å²) >= 11 is 1.04. The minimum Gasteiger partial charge on any atom is -0.478 e. The van der Waals surface area contributed by atoms with Crippen LogP contribution in [0, 0.1) is 5.82 Å². The van der Waals surface area contributed by atoms with E-state index in [1.54, 1.807) is 0 Å². The van der Waals surface area contributed by atoms with E-state index < -0.39 is 17.7 Å². The first-order valence-electron chi connectivity index (χ1n) is 5.35. The van der Waals surface area contributed by atoms with Crippen molar-refractivity contribution in [1.29, 1.82) is 0 Å². The van der Waals surface area contributed by atoms with E-state index in [0.29, 0.717) is 5.69 Å². The Kier molecular flexibility index (Phi) is 4.16. The molecule has 20 heavy (non-hydrogen) atoms. The number of benzene rings is 1. The monoisotopic (exact) mass is 293 g/mol. The number of halogens is 1. The van der Waals surface area contributed by atoms with Crippen molar-refractivity contribution < 1.29 is 19.1 Å². The molecule has 0 aliphatic heterocycles. The third-order valence-electron chi connectivity index (χ3n) is 2.25. The van der Waals surface area contributed by atoms with Gasteiger partial charge in [0, 0.05) is 22.7 Å². The van der Waals surface area contributed by atoms with Crippen molar-refractivity contribution in [3.8, 4) is 0 Å². The number of aliphatic carboxylic acids is 1. The third-order valence-corrected chi connectivity index (χ3v) is 2.76. The maximum Gasteiger partial charge on any atom is 0.328 e. The summed E-state index contributed by atoms with van der Waals surface area (Å²) in [4.78, 5) is 22.1. The van der Waals surface area contributed by atoms with E-state index >= 15 is 0 Å². The molecule has 0 saturated heterocycles. The molecule has 2 rings (SSSR count). The molecule has 0 unspecified atom stereocenters. The second kappa shape index (κ2) is 6.02. The van der Waals surface area contributed by atoms with E-state index in [9.17, 15) is 14.0 Å². The van der Waals surface area contributed by atoms with Crippen molar-refractivity contribution in [2.24, 2.45) is 0 Å². The van der Waals surface area contributed by atoms with Gasteiger partial charge in [-0.25, -0.2) is 9.18 Å². The fourth-order valence-corrected chi connectivity index (χ4v) is 1.81. The van der Waals surface area contributed by atoms with Gasteiger partial charge in [0.05, 0.1) is 0 Å². The molecule has 8 heteroatoms. The molecule has 6 nitrogen and oxygen atoms in total. The van der Waals surface area contributed by atoms with E-state index in [1.165, 1.54) is 17.5 Å². The highest BCUT2D eigenvalue weighted by Crippen LogP contribution is 2.17. The van der Waals surface area contributed by atoms with Crippen molar-refractivity contribution in [1.82, 2.24) is 9.59 Å². The standard InChI is InChI=1S/C12H8FN3O3S/c13-9-3-2-8(5-7(9)1-4-11(17)18)14-12(19)10-6-20-16-15-10/h1-6H,(H,14,19)(H,17,18)/b4-1+. The first kappa shape index (κ1) is 13.8. The molecule has 1 aromatic heterocycles. The molecular weight excluding hydrogens is 285 g/mol. The predicted octanol–water partition coefficient (Wildman–Crippen LogP) is 2.03. The van der Waals surface area contributed by atoms with Gasteiger partial charge in [0.15, 0.2) is 5.69 Å². The van der Waals surface area contributed by atoms with Gasteiger partial charge in [0.25, 0.3) is 5.91 Å². The largest absolute Gasteiger partial charge is 0.478 e. The van der Waals surface area contributed by atoms with Gasteiger partial charge < -0.3 is 10.4 Å². The second-order valence-electron chi connectivity index (χ2n) is 3.65. The number of amides is 1. The van der Waals surface area contributed by atoms with E-state index in [1.807, 2.05) is 0 Å². The van der Waals surface area contributed by atoms with E-state index in [4.69, 9.17) is 5.11 Å². The molecule has 102 valence electrons. The fourth-order valence-electron chi connectivity index (χ4n) is 1.37. The third kappa shape index (κ3) is 3.45. The van der Waals surface area contributed by atoms with Crippen molar-refractivity contribution in [3.05, 3.63) is 46.7 Å². The van der Waals surface area contributed by atoms with Gasteiger partial charge in [0.1, 0.15) is 5.82 Å². The molecule has 0 radical (unpaired) electrons. The average Bonchev–Trinajstić information content (AvgIpc) is 2.93. The van der Waals surface area contributed by atoms with Crippen LogP contribution in [0.4, 0.5) is 10.1 Å². The molecule has 2 aromatic rings. The van der Waals surface area contributed by atoms with Crippen LogP contribution in [-0.2, 0) is 4.79 Å². The molecule has 1 aromatic carbocycles. The van der Waals surface area contributed by atoms with Crippen molar-refractivity contribution in [3.63, 3.8) is 0 Å². The smallest absolute Gasteiger partial charge is 0.328 e. The van der Waals surface area contributed by atoms with Crippen LogP contribution < -0.4 is 5.32 Å². The van der Waals surface area contributed by atoms with Gasteiger partial charge in [-0.05, 0) is 35.8 Å². The Morgan fingerprint density at radius 3 is 2.85 bits per heavy atom. The molecular formula is C12H8FN3O3S. The van der Waals surface area contributed by atoms with Gasteiger partial charge in [-0.2, -0.15) is 0 Å². The van der Waals surface area contributed by atoms with Gasteiger partial charge >= 0.3 is 5.97 Å². The fraction of sp³-hybridized carbons (Fsp3) is 0. The summed E-state index contributed by atoms with van der Waals surface area (Å²) in [5, 5.41) is 16.1. The summed E-state index contributed by atoms with van der Waals surface area (Å²) in [5.41, 5.74) is 0.540. The maximum absolute atomic E-state index is 13.5. The van der Waals surface area contributed by atoms with Gasteiger partial charge in [-0.15, -0.1) is 5.10 Å². The molecule has 1 heterocycles. The minimum absolute atomic E-state index is 0.0570. The van der Waals surface area contributed by atoms with Crippen LogP contribution in [0.5, 0.6) is 0 Å². The lowest BCUT2D eigenvalue weighted by Gasteiger charge is -2.05. The van der Waals surface area contributed by atoms with E-state index in [0.717, 1.165) is 29.8 Å². The number of carbonyl (C=O) groups is 2. The maximum atomic E-state index is 13.5. The zero-order chi connectivity index (χ0) is 14.5. The number of rotatable bonds is 4. The zero-order valence-electron chi connectivity index (χ0n) is 9.91. The summed E-state index contributed by atoms with van der Waals surface area (Å²) < 4.78 is 17.0. The summed E-state index contributed by atoms with van der Waals surface area (Å²) in [5.74, 6) is -2.25. The number of aromatic nitrogens is 2. The van der Waals surface area contributed by atoms with Crippen LogP contribution in [0.1, 0.15) is 16.1 Å². The van der Waals surface area contributed by atoms with Crippen molar-refractivity contribution >= 4 is 35.2 Å². The van der Waals surface area contributed by atoms with Crippen LogP contribution >= 0.6 is 11.5 Å². The summed E-state index contributed by atoms with van der Waals surface area (Å²) in [7, 11) is 0. The first-order valence-corrected chi connectivity index (χ1v) is 6.19. The summed E-state index contributed by atoms with van der Waals surface area (Å²) in [6.07, 6.45) is 1.92. The molecule has 0 spiro atoms. The highest BCUT2D eigenvalue weighted by atomic mass is 32.1. The lowest BCUT2D eigenvalue weighted by Crippen LogP contribution is -2.12. The second-order valence-corrected chi connectivity index (χ2v) is 4.26. The molecule has 0 bridgehead atoms. The predicted molar refractivity (Wildman–Crippen MR) is 70.9 cm³/mol. The van der Waals surface area contributed by atoms with Crippen LogP contribution in [0.2, 0.25) is 0 Å². The summed E-state index contributed by atoms with van der Waals surface area (Å²) in [6, 6.07) is 3.83. The molecule has 0 aliphatic rings. The number of carboxylic acids is 1. The SMILES string of the molecule is O=C(O)/C=C/c1cc(NC(=O)c2csnn2)ccc1F. The Labute approximate surface area is 116 Å². The molecule has 0 fully saturated rings. The van der Waals surface area contributed by atoms with Gasteiger partial charge in [-0.1, -0.05) is 4.49 Å². The lowest BCUT2D eigenvalue weighted by molar-refractivity contribution is -0.131. The normalized spacial score (nSPS) is 10.7. The molecule has 1 amide bonds. The number of anilines is 1. The number of nitrogens with zero attached hydrogens (tertiary/aromatic N) is 2. The lowest BCUT2D eigenvalue weighted by atomic mass is 10.1. The first-order chi connectivity index (χ1) is 9.56. The number of nitrogens with one attached hydrogen (secondary N) is 1. The van der Waals surface area contributed by atoms with Crippen LogP contribution in [0.25, 0.3) is 6.08 Å². The van der Waals surface area contributed by atoms with Crippen molar-refractivity contribution in [2.45, 2.75) is 0 Å². The minimum atomic E-state index is -1.19. The van der Waals surface area contributed by atoms with Crippen LogP contribution in [0.3, 0.4) is 0 Å². The topological polar surface area (TPSA) is 92.2 Å². The number of hydrogen-bond donors (Lipinski definition) is 2. The Bertz CT molecular complexity index is 671. The number of hydrogen-bond acceptors (Lipinski definition) is 5. The van der Waals surface area contributed by atoms with E-state index in [-0.39, 0.29) is 11.3 Å². The highest BCUT2D eigenvalue weighted by Gasteiger charge is 2.10. The Morgan fingerprint density at radius 1 is 1.40 bits per heavy atom. The van der Waals surface area contributed by atoms with Crippen LogP contribution in [-0.4, -0.2) is 26.6 Å². The molecule has 2 N–H and O–H groups in total. The molecule has 0 atom stereocenters. The van der Waals surface area contributed by atoms with Crippen LogP contribution in [0.15, 0.2) is 29.7 Å². The Morgan fingerprint density at radius 2 is 2.20 bits per heavy atom. The van der Waals surface area contributed by atoms with Gasteiger partial charge in [0.2, 0.25) is 0 Å². The Hall–Kier alpha value is -2.61.